The molecule has 0 aliphatic rings. The normalized spacial score (nSPS) is 10.7. The predicted octanol–water partition coefficient (Wildman–Crippen LogP) is 3.85. The minimum absolute atomic E-state index is 0.221. The molecule has 0 aliphatic carbocycles. The lowest BCUT2D eigenvalue weighted by Gasteiger charge is -2.01. The number of carbonyl (C=O) groups excluding carboxylic acids is 1. The van der Waals surface area contributed by atoms with Crippen LogP contribution in [0.3, 0.4) is 0 Å². The van der Waals surface area contributed by atoms with Gasteiger partial charge in [-0.2, -0.15) is 0 Å². The summed E-state index contributed by atoms with van der Waals surface area (Å²) in [6.07, 6.45) is 3.26. The fraction of sp³-hybridized carbons (Fsp3) is 0.235. The van der Waals surface area contributed by atoms with E-state index in [4.69, 9.17) is 4.52 Å². The van der Waals surface area contributed by atoms with Crippen molar-refractivity contribution >= 4 is 22.4 Å². The number of aromatic nitrogens is 2. The fourth-order valence-corrected chi connectivity index (χ4v) is 3.20. The Hall–Kier alpha value is -2.47. The van der Waals surface area contributed by atoms with E-state index < -0.39 is 0 Å². The maximum Gasteiger partial charge on any atom is 0.262 e. The number of amides is 1. The second-order valence-electron chi connectivity index (χ2n) is 5.16. The third-order valence-electron chi connectivity index (χ3n) is 3.49. The van der Waals surface area contributed by atoms with Gasteiger partial charge in [0, 0.05) is 17.5 Å². The van der Waals surface area contributed by atoms with Crippen LogP contribution < -0.4 is 5.32 Å². The van der Waals surface area contributed by atoms with E-state index >= 15 is 0 Å². The van der Waals surface area contributed by atoms with Gasteiger partial charge in [-0.1, -0.05) is 42.4 Å². The summed E-state index contributed by atoms with van der Waals surface area (Å²) >= 11 is 1.48. The zero-order valence-electron chi connectivity index (χ0n) is 13.0. The lowest BCUT2D eigenvalue weighted by Crippen LogP contribution is -2.14. The molecule has 0 saturated carbocycles. The van der Waals surface area contributed by atoms with Crippen molar-refractivity contribution in [1.82, 2.24) is 10.1 Å². The number of hydrogen-bond acceptors (Lipinski definition) is 5. The number of thiazole rings is 1. The van der Waals surface area contributed by atoms with Crippen molar-refractivity contribution in [2.75, 3.05) is 5.32 Å². The number of nitrogens with zero attached hydrogens (tertiary/aromatic N) is 2. The van der Waals surface area contributed by atoms with Gasteiger partial charge in [0.05, 0.1) is 5.69 Å². The first kappa shape index (κ1) is 15.4. The Labute approximate surface area is 138 Å². The number of aryl methyl sites for hydroxylation is 2. The van der Waals surface area contributed by atoms with Crippen LogP contribution >= 0.6 is 11.3 Å². The molecule has 0 atom stereocenters. The van der Waals surface area contributed by atoms with Crippen LogP contribution in [0.1, 0.15) is 39.2 Å². The average molecular weight is 327 g/mol. The third kappa shape index (κ3) is 3.48. The fourth-order valence-electron chi connectivity index (χ4n) is 2.35. The molecule has 3 rings (SSSR count). The first-order valence-corrected chi connectivity index (χ1v) is 8.24. The number of anilines is 1. The maximum atomic E-state index is 12.4. The zero-order chi connectivity index (χ0) is 16.2. The van der Waals surface area contributed by atoms with Gasteiger partial charge in [0.25, 0.3) is 5.91 Å². The molecule has 0 aliphatic heterocycles. The van der Waals surface area contributed by atoms with Crippen LogP contribution in [0.15, 0.2) is 41.1 Å². The van der Waals surface area contributed by atoms with E-state index in [9.17, 15) is 4.79 Å². The Kier molecular flexibility index (Phi) is 4.52. The first-order valence-electron chi connectivity index (χ1n) is 7.42. The molecule has 1 aromatic carbocycles. The summed E-state index contributed by atoms with van der Waals surface area (Å²) in [5.74, 6) is 0.307. The molecule has 118 valence electrons. The highest BCUT2D eigenvalue weighted by Gasteiger charge is 2.20. The lowest BCUT2D eigenvalue weighted by atomic mass is 10.1. The van der Waals surface area contributed by atoms with Crippen LogP contribution in [0.2, 0.25) is 0 Å². The van der Waals surface area contributed by atoms with Crippen molar-refractivity contribution in [2.45, 2.75) is 26.7 Å². The minimum atomic E-state index is -0.221. The van der Waals surface area contributed by atoms with Crippen molar-refractivity contribution in [3.63, 3.8) is 0 Å². The molecule has 0 spiro atoms. The van der Waals surface area contributed by atoms with Crippen LogP contribution in [0.4, 0.5) is 5.13 Å². The number of hydrogen-bond donors (Lipinski definition) is 1. The van der Waals surface area contributed by atoms with Gasteiger partial charge in [-0.3, -0.25) is 10.1 Å². The van der Waals surface area contributed by atoms with Gasteiger partial charge in [-0.15, -0.1) is 11.3 Å². The standard InChI is InChI=1S/C17H17N3O2S/c1-3-14-15(11(2)22-20-14)16(21)19-17-18-10-13(23-17)9-12-7-5-4-6-8-12/h4-8,10H,3,9H2,1-2H3,(H,18,19,21). The molecule has 1 N–H and O–H groups in total. The smallest absolute Gasteiger partial charge is 0.262 e. The number of carbonyl (C=O) groups is 1. The highest BCUT2D eigenvalue weighted by molar-refractivity contribution is 7.15. The molecule has 0 fully saturated rings. The Morgan fingerprint density at radius 3 is 2.83 bits per heavy atom. The maximum absolute atomic E-state index is 12.4. The van der Waals surface area contributed by atoms with E-state index in [1.165, 1.54) is 16.9 Å². The van der Waals surface area contributed by atoms with E-state index in [2.05, 4.69) is 27.6 Å². The molecule has 3 aromatic rings. The van der Waals surface area contributed by atoms with Gasteiger partial charge in [0.15, 0.2) is 5.13 Å². The van der Waals surface area contributed by atoms with Crippen LogP contribution in [-0.4, -0.2) is 16.0 Å². The molecule has 0 saturated heterocycles. The average Bonchev–Trinajstić information content (AvgIpc) is 3.14. The zero-order valence-corrected chi connectivity index (χ0v) is 13.8. The second kappa shape index (κ2) is 6.75. The topological polar surface area (TPSA) is 68.0 Å². The Bertz CT molecular complexity index is 808. The van der Waals surface area contributed by atoms with Gasteiger partial charge >= 0.3 is 0 Å². The lowest BCUT2D eigenvalue weighted by molar-refractivity contribution is 0.102. The van der Waals surface area contributed by atoms with Crippen molar-refractivity contribution in [2.24, 2.45) is 0 Å². The molecule has 2 aromatic heterocycles. The van der Waals surface area contributed by atoms with E-state index in [0.29, 0.717) is 28.6 Å². The Morgan fingerprint density at radius 2 is 2.09 bits per heavy atom. The van der Waals surface area contributed by atoms with Crippen LogP contribution in [0.25, 0.3) is 0 Å². The van der Waals surface area contributed by atoms with E-state index in [-0.39, 0.29) is 5.91 Å². The quantitative estimate of drug-likeness (QED) is 0.773. The molecule has 0 radical (unpaired) electrons. The molecular formula is C17H17N3O2S. The minimum Gasteiger partial charge on any atom is -0.361 e. The number of rotatable bonds is 5. The van der Waals surface area contributed by atoms with Gasteiger partial charge < -0.3 is 4.52 Å². The van der Waals surface area contributed by atoms with Crippen molar-refractivity contribution < 1.29 is 9.32 Å². The second-order valence-corrected chi connectivity index (χ2v) is 6.28. The van der Waals surface area contributed by atoms with Gasteiger partial charge in [0.1, 0.15) is 11.3 Å². The molecule has 5 nitrogen and oxygen atoms in total. The molecule has 0 bridgehead atoms. The highest BCUT2D eigenvalue weighted by Crippen LogP contribution is 2.23. The van der Waals surface area contributed by atoms with Crippen molar-refractivity contribution in [1.29, 1.82) is 0 Å². The summed E-state index contributed by atoms with van der Waals surface area (Å²) in [6, 6.07) is 10.2. The summed E-state index contributed by atoms with van der Waals surface area (Å²) in [5, 5.41) is 7.33. The largest absolute Gasteiger partial charge is 0.361 e. The third-order valence-corrected chi connectivity index (χ3v) is 4.40. The Morgan fingerprint density at radius 1 is 1.30 bits per heavy atom. The number of benzene rings is 1. The molecular weight excluding hydrogens is 310 g/mol. The summed E-state index contributed by atoms with van der Waals surface area (Å²) in [5.41, 5.74) is 2.39. The summed E-state index contributed by atoms with van der Waals surface area (Å²) in [7, 11) is 0. The highest BCUT2D eigenvalue weighted by atomic mass is 32.1. The SMILES string of the molecule is CCc1noc(C)c1C(=O)Nc1ncc(Cc2ccccc2)s1. The van der Waals surface area contributed by atoms with Crippen LogP contribution in [0, 0.1) is 6.92 Å². The van der Waals surface area contributed by atoms with Gasteiger partial charge in [-0.25, -0.2) is 4.98 Å². The number of nitrogens with one attached hydrogen (secondary N) is 1. The van der Waals surface area contributed by atoms with Crippen molar-refractivity contribution in [3.8, 4) is 0 Å². The summed E-state index contributed by atoms with van der Waals surface area (Å²) < 4.78 is 5.10. The summed E-state index contributed by atoms with van der Waals surface area (Å²) in [4.78, 5) is 17.8. The predicted molar refractivity (Wildman–Crippen MR) is 89.9 cm³/mol. The molecule has 6 heteroatoms. The first-order chi connectivity index (χ1) is 11.2. The van der Waals surface area contributed by atoms with Crippen molar-refractivity contribution in [3.05, 3.63) is 64.0 Å². The molecule has 0 unspecified atom stereocenters. The monoisotopic (exact) mass is 327 g/mol. The van der Waals surface area contributed by atoms with E-state index in [0.717, 1.165) is 11.3 Å². The Balaban J connectivity index is 1.71. The van der Waals surface area contributed by atoms with Gasteiger partial charge in [-0.05, 0) is 18.9 Å². The van der Waals surface area contributed by atoms with E-state index in [1.54, 1.807) is 13.1 Å². The van der Waals surface area contributed by atoms with Crippen LogP contribution in [0.5, 0.6) is 0 Å². The molecule has 1 amide bonds. The summed E-state index contributed by atoms with van der Waals surface area (Å²) in [6.45, 7) is 3.68. The molecule has 23 heavy (non-hydrogen) atoms. The van der Waals surface area contributed by atoms with Crippen LogP contribution in [-0.2, 0) is 12.8 Å². The van der Waals surface area contributed by atoms with E-state index in [1.807, 2.05) is 25.1 Å². The van der Waals surface area contributed by atoms with Gasteiger partial charge in [0.2, 0.25) is 0 Å². The molecule has 2 heterocycles.